The van der Waals surface area contributed by atoms with Crippen molar-refractivity contribution in [3.05, 3.63) is 89.6 Å². The number of amides is 2. The quantitative estimate of drug-likeness (QED) is 0.662. The number of aryl methyl sites for hydroxylation is 1. The summed E-state index contributed by atoms with van der Waals surface area (Å²) in [6.45, 7) is 3.28. The lowest BCUT2D eigenvalue weighted by molar-refractivity contribution is 0.0698. The van der Waals surface area contributed by atoms with Crippen molar-refractivity contribution in [2.75, 3.05) is 25.0 Å². The predicted molar refractivity (Wildman–Crippen MR) is 126 cm³/mol. The van der Waals surface area contributed by atoms with Crippen LogP contribution in [0, 0.1) is 6.92 Å². The highest BCUT2D eigenvalue weighted by Crippen LogP contribution is 2.21. The third-order valence-corrected chi connectivity index (χ3v) is 5.91. The standard InChI is InChI=1S/C26H28N4O2/c1-19-8-10-20(11-9-19)26(32)30-16-14-22(15-17-30)28-25(31)21-12-13-24(27-18-21)29(2)23-6-4-3-5-7-23/h3-13,18,22H,14-17H2,1-2H3,(H,28,31). The number of hydrogen-bond acceptors (Lipinski definition) is 4. The molecule has 1 fully saturated rings. The van der Waals surface area contributed by atoms with E-state index >= 15 is 0 Å². The normalized spacial score (nSPS) is 14.1. The molecule has 1 saturated heterocycles. The Bertz CT molecular complexity index is 1060. The molecule has 0 radical (unpaired) electrons. The molecule has 4 rings (SSSR count). The van der Waals surface area contributed by atoms with E-state index in [-0.39, 0.29) is 17.9 Å². The SMILES string of the molecule is Cc1ccc(C(=O)N2CCC(NC(=O)c3ccc(N(C)c4ccccc4)nc3)CC2)cc1. The molecule has 0 spiro atoms. The van der Waals surface area contributed by atoms with E-state index < -0.39 is 0 Å². The van der Waals surface area contributed by atoms with Gasteiger partial charge >= 0.3 is 0 Å². The van der Waals surface area contributed by atoms with Crippen LogP contribution >= 0.6 is 0 Å². The minimum Gasteiger partial charge on any atom is -0.349 e. The first kappa shape index (κ1) is 21.6. The van der Waals surface area contributed by atoms with Gasteiger partial charge in [0.15, 0.2) is 0 Å². The fourth-order valence-electron chi connectivity index (χ4n) is 3.88. The van der Waals surface area contributed by atoms with Gasteiger partial charge in [-0.1, -0.05) is 35.9 Å². The summed E-state index contributed by atoms with van der Waals surface area (Å²) in [6.07, 6.45) is 3.09. The number of piperidine rings is 1. The van der Waals surface area contributed by atoms with E-state index in [1.165, 1.54) is 0 Å². The van der Waals surface area contributed by atoms with Crippen molar-refractivity contribution in [2.45, 2.75) is 25.8 Å². The van der Waals surface area contributed by atoms with Crippen molar-refractivity contribution >= 4 is 23.3 Å². The molecular weight excluding hydrogens is 400 g/mol. The zero-order valence-electron chi connectivity index (χ0n) is 18.5. The van der Waals surface area contributed by atoms with Crippen molar-refractivity contribution in [1.29, 1.82) is 0 Å². The van der Waals surface area contributed by atoms with Crippen LogP contribution in [0.4, 0.5) is 11.5 Å². The first-order valence-corrected chi connectivity index (χ1v) is 10.9. The average molecular weight is 429 g/mol. The number of carbonyl (C=O) groups excluding carboxylic acids is 2. The summed E-state index contributed by atoms with van der Waals surface area (Å²) in [5.74, 6) is 0.697. The number of rotatable bonds is 5. The number of hydrogen-bond donors (Lipinski definition) is 1. The Balaban J connectivity index is 1.30. The molecule has 6 nitrogen and oxygen atoms in total. The molecule has 1 aromatic heterocycles. The molecule has 0 atom stereocenters. The Morgan fingerprint density at radius 2 is 1.59 bits per heavy atom. The summed E-state index contributed by atoms with van der Waals surface area (Å²) in [6, 6.07) is 21.3. The molecule has 1 N–H and O–H groups in total. The number of pyridine rings is 1. The van der Waals surface area contributed by atoms with Crippen LogP contribution in [-0.4, -0.2) is 47.9 Å². The molecule has 1 aliphatic rings. The first-order valence-electron chi connectivity index (χ1n) is 10.9. The van der Waals surface area contributed by atoms with Crippen LogP contribution in [0.15, 0.2) is 72.9 Å². The monoisotopic (exact) mass is 428 g/mol. The maximum Gasteiger partial charge on any atom is 0.253 e. The van der Waals surface area contributed by atoms with E-state index in [1.807, 2.05) is 84.4 Å². The van der Waals surface area contributed by atoms with Crippen molar-refractivity contribution in [2.24, 2.45) is 0 Å². The van der Waals surface area contributed by atoms with E-state index in [9.17, 15) is 9.59 Å². The summed E-state index contributed by atoms with van der Waals surface area (Å²) in [7, 11) is 1.95. The highest BCUT2D eigenvalue weighted by molar-refractivity contribution is 5.95. The number of nitrogens with zero attached hydrogens (tertiary/aromatic N) is 3. The Labute approximate surface area is 188 Å². The van der Waals surface area contributed by atoms with Gasteiger partial charge in [0.25, 0.3) is 11.8 Å². The van der Waals surface area contributed by atoms with Crippen LogP contribution < -0.4 is 10.2 Å². The van der Waals surface area contributed by atoms with Crippen LogP contribution in [0.25, 0.3) is 0 Å². The zero-order chi connectivity index (χ0) is 22.5. The molecule has 2 heterocycles. The van der Waals surface area contributed by atoms with Crippen molar-refractivity contribution in [3.8, 4) is 0 Å². The van der Waals surface area contributed by atoms with Gasteiger partial charge in [-0.25, -0.2) is 4.98 Å². The molecule has 1 aliphatic heterocycles. The van der Waals surface area contributed by atoms with Crippen LogP contribution in [0.3, 0.4) is 0 Å². The Kier molecular flexibility index (Phi) is 6.50. The van der Waals surface area contributed by atoms with E-state index in [1.54, 1.807) is 12.3 Å². The largest absolute Gasteiger partial charge is 0.349 e. The van der Waals surface area contributed by atoms with Gasteiger partial charge in [-0.15, -0.1) is 0 Å². The number of para-hydroxylation sites is 1. The molecule has 2 aromatic carbocycles. The summed E-state index contributed by atoms with van der Waals surface area (Å²) in [5.41, 5.74) is 3.42. The first-order chi connectivity index (χ1) is 15.5. The average Bonchev–Trinajstić information content (AvgIpc) is 2.85. The van der Waals surface area contributed by atoms with Crippen LogP contribution in [0.2, 0.25) is 0 Å². The lowest BCUT2D eigenvalue weighted by Gasteiger charge is -2.32. The Morgan fingerprint density at radius 1 is 0.938 bits per heavy atom. The molecule has 2 amide bonds. The lowest BCUT2D eigenvalue weighted by Crippen LogP contribution is -2.46. The van der Waals surface area contributed by atoms with Gasteiger partial charge in [-0.3, -0.25) is 9.59 Å². The maximum atomic E-state index is 12.7. The van der Waals surface area contributed by atoms with E-state index in [2.05, 4.69) is 10.3 Å². The second-order valence-electron chi connectivity index (χ2n) is 8.21. The number of nitrogens with one attached hydrogen (secondary N) is 1. The van der Waals surface area contributed by atoms with Crippen LogP contribution in [0.5, 0.6) is 0 Å². The summed E-state index contributed by atoms with van der Waals surface area (Å²) in [4.78, 5) is 33.7. The third kappa shape index (κ3) is 4.97. The fraction of sp³-hybridized carbons (Fsp3) is 0.269. The van der Waals surface area contributed by atoms with Gasteiger partial charge < -0.3 is 15.1 Å². The minimum absolute atomic E-state index is 0.0521. The number of benzene rings is 2. The second-order valence-corrected chi connectivity index (χ2v) is 8.21. The molecule has 164 valence electrons. The fourth-order valence-corrected chi connectivity index (χ4v) is 3.88. The lowest BCUT2D eigenvalue weighted by atomic mass is 10.0. The molecule has 0 aliphatic carbocycles. The molecule has 0 saturated carbocycles. The summed E-state index contributed by atoms with van der Waals surface area (Å²) >= 11 is 0. The van der Waals surface area contributed by atoms with Crippen LogP contribution in [-0.2, 0) is 0 Å². The Morgan fingerprint density at radius 3 is 2.22 bits per heavy atom. The topological polar surface area (TPSA) is 65.5 Å². The zero-order valence-corrected chi connectivity index (χ0v) is 18.5. The van der Waals surface area contributed by atoms with Gasteiger partial charge in [-0.05, 0) is 56.2 Å². The molecule has 0 bridgehead atoms. The number of anilines is 2. The number of carbonyl (C=O) groups is 2. The Hall–Kier alpha value is -3.67. The molecule has 6 heteroatoms. The molecule has 3 aromatic rings. The smallest absolute Gasteiger partial charge is 0.253 e. The molecule has 32 heavy (non-hydrogen) atoms. The minimum atomic E-state index is -0.130. The summed E-state index contributed by atoms with van der Waals surface area (Å²) in [5, 5.41) is 3.09. The van der Waals surface area contributed by atoms with E-state index in [0.29, 0.717) is 24.2 Å². The van der Waals surface area contributed by atoms with Gasteiger partial charge in [0.1, 0.15) is 5.82 Å². The predicted octanol–water partition coefficient (Wildman–Crippen LogP) is 4.19. The van der Waals surface area contributed by atoms with E-state index in [0.717, 1.165) is 29.9 Å². The van der Waals surface area contributed by atoms with Crippen molar-refractivity contribution in [3.63, 3.8) is 0 Å². The van der Waals surface area contributed by atoms with Crippen molar-refractivity contribution in [1.82, 2.24) is 15.2 Å². The highest BCUT2D eigenvalue weighted by atomic mass is 16.2. The molecule has 0 unspecified atom stereocenters. The van der Waals surface area contributed by atoms with Gasteiger partial charge in [0.05, 0.1) is 5.56 Å². The second kappa shape index (κ2) is 9.64. The van der Waals surface area contributed by atoms with Gasteiger partial charge in [0.2, 0.25) is 0 Å². The highest BCUT2D eigenvalue weighted by Gasteiger charge is 2.25. The maximum absolute atomic E-state index is 12.7. The van der Waals surface area contributed by atoms with E-state index in [4.69, 9.17) is 0 Å². The summed E-state index contributed by atoms with van der Waals surface area (Å²) < 4.78 is 0. The van der Waals surface area contributed by atoms with Gasteiger partial charge in [-0.2, -0.15) is 0 Å². The third-order valence-electron chi connectivity index (χ3n) is 5.91. The van der Waals surface area contributed by atoms with Gasteiger partial charge in [0, 0.05) is 43.6 Å². The molecular formula is C26H28N4O2. The van der Waals surface area contributed by atoms with Crippen molar-refractivity contribution < 1.29 is 9.59 Å². The number of aromatic nitrogens is 1. The van der Waals surface area contributed by atoms with Crippen LogP contribution in [0.1, 0.15) is 39.1 Å². The number of likely N-dealkylation sites (tertiary alicyclic amines) is 1.